The summed E-state index contributed by atoms with van der Waals surface area (Å²) in [5.74, 6) is -3.85. The van der Waals surface area contributed by atoms with Gasteiger partial charge in [0.05, 0.1) is 17.7 Å². The molecule has 7 atom stereocenters. The average molecular weight is 597 g/mol. The number of hydrogen-bond donors (Lipinski definition) is 1. The van der Waals surface area contributed by atoms with Gasteiger partial charge in [-0.3, -0.25) is 14.4 Å². The van der Waals surface area contributed by atoms with Crippen LogP contribution in [0.5, 0.6) is 0 Å². The molecule has 1 aliphatic heterocycles. The number of allylic oxidation sites excluding steroid dienone is 2. The van der Waals surface area contributed by atoms with Crippen molar-refractivity contribution in [2.75, 3.05) is 0 Å². The molecule has 2 aliphatic rings. The van der Waals surface area contributed by atoms with E-state index in [1.807, 2.05) is 20.8 Å². The highest BCUT2D eigenvalue weighted by molar-refractivity contribution is 5.89. The van der Waals surface area contributed by atoms with E-state index in [1.165, 1.54) is 27.0 Å². The lowest BCUT2D eigenvalue weighted by atomic mass is 9.73. The zero-order chi connectivity index (χ0) is 31.8. The summed E-state index contributed by atoms with van der Waals surface area (Å²) in [6.45, 7) is 13.4. The zero-order valence-electron chi connectivity index (χ0n) is 25.4. The first-order valence-electron chi connectivity index (χ1n) is 14.1. The van der Waals surface area contributed by atoms with Gasteiger partial charge in [0.25, 0.3) is 0 Å². The molecule has 232 valence electrons. The molecule has 1 N–H and O–H groups in total. The molecule has 1 aromatic carbocycles. The molecule has 43 heavy (non-hydrogen) atoms. The van der Waals surface area contributed by atoms with Gasteiger partial charge in [0.15, 0.2) is 18.3 Å². The van der Waals surface area contributed by atoms with Gasteiger partial charge in [-0.25, -0.2) is 4.79 Å². The normalized spacial score (nSPS) is 26.1. The van der Waals surface area contributed by atoms with Gasteiger partial charge in [-0.05, 0) is 63.5 Å². The highest BCUT2D eigenvalue weighted by atomic mass is 16.7. The van der Waals surface area contributed by atoms with Gasteiger partial charge < -0.3 is 28.8 Å². The summed E-state index contributed by atoms with van der Waals surface area (Å²) in [5.41, 5.74) is 2.58. The standard InChI is InChI=1S/C33H40O10/c1-18(2)15-28(40-21(5)34)31(41-22(6)35)26-17-39-33(42-23(7)36)29-20(4)30(37)27(16-19(3)13-14-25(26)29)43-32(38)24-11-9-8-10-12-24/h8-12,15-17,25,27-31,33,37H,4,13-14H2,1-3,5-7H3/b19-16-/t25-,27+,28-,29+,30+,31+,33-/m1/s1. The number of fused-ring (bicyclic) bond motifs is 1. The Labute approximate surface area is 252 Å². The number of carbonyl (C=O) groups is 4. The Morgan fingerprint density at radius 1 is 0.977 bits per heavy atom. The molecule has 1 aromatic rings. The van der Waals surface area contributed by atoms with Gasteiger partial charge in [0.2, 0.25) is 6.29 Å². The summed E-state index contributed by atoms with van der Waals surface area (Å²) >= 11 is 0. The van der Waals surface area contributed by atoms with Crippen molar-refractivity contribution in [3.63, 3.8) is 0 Å². The van der Waals surface area contributed by atoms with Gasteiger partial charge in [-0.1, -0.05) is 35.9 Å². The molecule has 10 heteroatoms. The van der Waals surface area contributed by atoms with Gasteiger partial charge in [-0.15, -0.1) is 0 Å². The van der Waals surface area contributed by atoms with Crippen LogP contribution in [-0.2, 0) is 38.1 Å². The molecule has 10 nitrogen and oxygen atoms in total. The minimum atomic E-state index is -1.41. The van der Waals surface area contributed by atoms with Crippen molar-refractivity contribution in [3.05, 3.63) is 83.2 Å². The van der Waals surface area contributed by atoms with E-state index in [0.29, 0.717) is 24.0 Å². The lowest BCUT2D eigenvalue weighted by molar-refractivity contribution is -0.184. The van der Waals surface area contributed by atoms with E-state index in [2.05, 4.69) is 6.58 Å². The third kappa shape index (κ3) is 8.90. The van der Waals surface area contributed by atoms with Gasteiger partial charge in [-0.2, -0.15) is 0 Å². The maximum atomic E-state index is 13.0. The van der Waals surface area contributed by atoms with E-state index in [1.54, 1.807) is 42.5 Å². The molecule has 0 aromatic heterocycles. The molecule has 0 radical (unpaired) electrons. The van der Waals surface area contributed by atoms with Crippen LogP contribution in [0.1, 0.15) is 64.7 Å². The van der Waals surface area contributed by atoms with E-state index in [9.17, 15) is 24.3 Å². The van der Waals surface area contributed by atoms with Crippen molar-refractivity contribution in [1.29, 1.82) is 0 Å². The first-order valence-corrected chi connectivity index (χ1v) is 14.1. The Kier molecular flexibility index (Phi) is 11.5. The molecule has 0 fully saturated rings. The van der Waals surface area contributed by atoms with Crippen LogP contribution in [0.15, 0.2) is 77.6 Å². The van der Waals surface area contributed by atoms with E-state index in [4.69, 9.17) is 23.7 Å². The van der Waals surface area contributed by atoms with Crippen LogP contribution in [0, 0.1) is 11.8 Å². The van der Waals surface area contributed by atoms with E-state index >= 15 is 0 Å². The molecule has 0 amide bonds. The van der Waals surface area contributed by atoms with Gasteiger partial charge in [0, 0.05) is 32.3 Å². The van der Waals surface area contributed by atoms with Crippen molar-refractivity contribution >= 4 is 23.9 Å². The smallest absolute Gasteiger partial charge is 0.338 e. The topological polar surface area (TPSA) is 135 Å². The summed E-state index contributed by atoms with van der Waals surface area (Å²) < 4.78 is 28.5. The maximum Gasteiger partial charge on any atom is 0.338 e. The van der Waals surface area contributed by atoms with E-state index < -0.39 is 66.4 Å². The summed E-state index contributed by atoms with van der Waals surface area (Å²) in [4.78, 5) is 49.4. The van der Waals surface area contributed by atoms with Crippen LogP contribution in [0.25, 0.3) is 0 Å². The van der Waals surface area contributed by atoms with Crippen molar-refractivity contribution in [1.82, 2.24) is 0 Å². The van der Waals surface area contributed by atoms with Crippen LogP contribution in [0.3, 0.4) is 0 Å². The average Bonchev–Trinajstić information content (AvgIpc) is 2.96. The Hall–Kier alpha value is -4.18. The molecule has 0 bridgehead atoms. The Balaban J connectivity index is 2.09. The predicted molar refractivity (Wildman–Crippen MR) is 156 cm³/mol. The number of benzene rings is 1. The molecular formula is C33H40O10. The lowest BCUT2D eigenvalue weighted by Gasteiger charge is -2.42. The molecule has 0 saturated carbocycles. The maximum absolute atomic E-state index is 13.0. The van der Waals surface area contributed by atoms with Crippen molar-refractivity contribution < 1.29 is 48.0 Å². The number of hydrogen-bond acceptors (Lipinski definition) is 10. The van der Waals surface area contributed by atoms with Gasteiger partial charge in [0.1, 0.15) is 6.10 Å². The van der Waals surface area contributed by atoms with Crippen LogP contribution < -0.4 is 0 Å². The SMILES string of the molecule is C=C1[C@@H]2[C@@H](OC(C)=O)OC=C([C@H](OC(C)=O)[C@@H](C=C(C)C)OC(C)=O)[C@H]2CC/C(C)=C\[C@H](OC(=O)c2ccccc2)[C@H]1O. The number of esters is 4. The predicted octanol–water partition coefficient (Wildman–Crippen LogP) is 4.73. The molecule has 1 heterocycles. The second-order valence-electron chi connectivity index (χ2n) is 11.0. The molecule has 0 saturated heterocycles. The van der Waals surface area contributed by atoms with Crippen molar-refractivity contribution in [3.8, 4) is 0 Å². The van der Waals surface area contributed by atoms with Crippen LogP contribution >= 0.6 is 0 Å². The molecule has 0 unspecified atom stereocenters. The van der Waals surface area contributed by atoms with Crippen LogP contribution in [-0.4, -0.2) is 59.7 Å². The third-order valence-corrected chi connectivity index (χ3v) is 7.17. The minimum absolute atomic E-state index is 0.187. The van der Waals surface area contributed by atoms with E-state index in [-0.39, 0.29) is 5.57 Å². The van der Waals surface area contributed by atoms with Crippen LogP contribution in [0.2, 0.25) is 0 Å². The molecule has 0 spiro atoms. The van der Waals surface area contributed by atoms with E-state index in [0.717, 1.165) is 11.1 Å². The summed E-state index contributed by atoms with van der Waals surface area (Å²) in [6, 6.07) is 8.39. The fourth-order valence-corrected chi connectivity index (χ4v) is 5.35. The first-order chi connectivity index (χ1) is 20.3. The summed E-state index contributed by atoms with van der Waals surface area (Å²) in [7, 11) is 0. The number of rotatable bonds is 8. The molecular weight excluding hydrogens is 556 g/mol. The van der Waals surface area contributed by atoms with Crippen LogP contribution in [0.4, 0.5) is 0 Å². The number of aliphatic hydroxyl groups excluding tert-OH is 1. The monoisotopic (exact) mass is 596 g/mol. The molecule has 1 aliphatic carbocycles. The largest absolute Gasteiger partial charge is 0.462 e. The Bertz CT molecular complexity index is 1300. The summed E-state index contributed by atoms with van der Waals surface area (Å²) in [6.07, 6.45) is -0.189. The van der Waals surface area contributed by atoms with Gasteiger partial charge >= 0.3 is 23.9 Å². The lowest BCUT2D eigenvalue weighted by Crippen LogP contribution is -2.47. The number of aliphatic hydroxyl groups is 1. The highest BCUT2D eigenvalue weighted by Crippen LogP contribution is 2.44. The van der Waals surface area contributed by atoms with Crippen molar-refractivity contribution in [2.24, 2.45) is 11.8 Å². The number of ether oxygens (including phenoxy) is 5. The summed E-state index contributed by atoms with van der Waals surface area (Å²) in [5, 5.41) is 11.6. The highest BCUT2D eigenvalue weighted by Gasteiger charge is 2.48. The third-order valence-electron chi connectivity index (χ3n) is 7.17. The first kappa shape index (κ1) is 33.3. The zero-order valence-corrected chi connectivity index (χ0v) is 25.4. The quantitative estimate of drug-likeness (QED) is 0.255. The second-order valence-corrected chi connectivity index (χ2v) is 11.0. The fraction of sp³-hybridized carbons (Fsp3) is 0.455. The fourth-order valence-electron chi connectivity index (χ4n) is 5.35. The Morgan fingerprint density at radius 2 is 1.63 bits per heavy atom. The Morgan fingerprint density at radius 3 is 2.21 bits per heavy atom. The number of carbonyl (C=O) groups excluding carboxylic acids is 4. The molecule has 3 rings (SSSR count). The minimum Gasteiger partial charge on any atom is -0.462 e. The van der Waals surface area contributed by atoms with Crippen molar-refractivity contribution in [2.45, 2.75) is 85.1 Å². The second kappa shape index (κ2) is 14.8.